The molecule has 0 spiro atoms. The largest absolute Gasteiger partial charge is 0.393 e. The van der Waals surface area contributed by atoms with Crippen molar-refractivity contribution in [3.05, 3.63) is 11.6 Å². The Kier molecular flexibility index (Phi) is 5.26. The molecule has 2 N–H and O–H groups in total. The number of allylic oxidation sites excluding steroid dienone is 1. The molecule has 0 saturated heterocycles. The second-order valence-electron chi connectivity index (χ2n) is 12.3. The zero-order valence-corrected chi connectivity index (χ0v) is 19.6. The number of rotatable bonds is 2. The molecule has 0 bridgehead atoms. The van der Waals surface area contributed by atoms with Crippen molar-refractivity contribution in [3.8, 4) is 0 Å². The highest BCUT2D eigenvalue weighted by atomic mass is 16.3. The molecule has 3 saturated carbocycles. The van der Waals surface area contributed by atoms with E-state index >= 15 is 0 Å². The Bertz CT molecular complexity index is 743. The van der Waals surface area contributed by atoms with Crippen LogP contribution < -0.4 is 0 Å². The number of aliphatic imine (C=N–C) groups is 1. The van der Waals surface area contributed by atoms with Gasteiger partial charge in [0.1, 0.15) is 0 Å². The van der Waals surface area contributed by atoms with Gasteiger partial charge in [-0.25, -0.2) is 0 Å². The van der Waals surface area contributed by atoms with Gasteiger partial charge < -0.3 is 10.2 Å². The maximum absolute atomic E-state index is 11.4. The Morgan fingerprint density at radius 3 is 2.63 bits per heavy atom. The van der Waals surface area contributed by atoms with Crippen molar-refractivity contribution in [1.82, 2.24) is 0 Å². The molecule has 0 radical (unpaired) electrons. The molecule has 0 amide bonds. The Labute approximate surface area is 183 Å². The lowest BCUT2D eigenvalue weighted by Crippen LogP contribution is -2.51. The molecule has 0 aromatic carbocycles. The van der Waals surface area contributed by atoms with E-state index in [0.717, 1.165) is 51.0 Å². The third-order valence-corrected chi connectivity index (χ3v) is 10.8. The predicted molar refractivity (Wildman–Crippen MR) is 122 cm³/mol. The summed E-state index contributed by atoms with van der Waals surface area (Å²) in [6.07, 6.45) is 12.3. The van der Waals surface area contributed by atoms with Gasteiger partial charge in [-0.3, -0.25) is 4.99 Å². The average molecular weight is 414 g/mol. The molecule has 1 heterocycles. The van der Waals surface area contributed by atoms with Crippen molar-refractivity contribution in [1.29, 1.82) is 0 Å². The van der Waals surface area contributed by atoms with Gasteiger partial charge in [0, 0.05) is 12.3 Å². The molecule has 30 heavy (non-hydrogen) atoms. The summed E-state index contributed by atoms with van der Waals surface area (Å²) in [5.74, 6) is 3.55. The van der Waals surface area contributed by atoms with Crippen molar-refractivity contribution in [2.45, 2.75) is 97.7 Å². The average Bonchev–Trinajstić information content (AvgIpc) is 2.98. The standard InChI is InChI=1S/C27H43NO2/c1-16-5-8-23(28-15-16)17(2)25-24(30)14-22-20-7-6-18-13-19(29)9-11-26(18,3)21(20)10-12-27(22,25)4/h6,16-17,19-22,24-25,29-30H,5,7-15H2,1-4H3/t16-,17+,19+,20+,21-,22-,24+,25-,26-,27+/m0/s1. The van der Waals surface area contributed by atoms with Gasteiger partial charge >= 0.3 is 0 Å². The minimum Gasteiger partial charge on any atom is -0.393 e. The van der Waals surface area contributed by atoms with Gasteiger partial charge in [0.25, 0.3) is 0 Å². The molecule has 0 aromatic heterocycles. The molecular weight excluding hydrogens is 370 g/mol. The summed E-state index contributed by atoms with van der Waals surface area (Å²) < 4.78 is 0. The van der Waals surface area contributed by atoms with E-state index in [-0.39, 0.29) is 23.0 Å². The van der Waals surface area contributed by atoms with Crippen LogP contribution in [0.3, 0.4) is 0 Å². The van der Waals surface area contributed by atoms with Crippen molar-refractivity contribution in [2.75, 3.05) is 6.54 Å². The van der Waals surface area contributed by atoms with E-state index in [1.165, 1.54) is 25.0 Å². The van der Waals surface area contributed by atoms with Gasteiger partial charge in [-0.2, -0.15) is 0 Å². The van der Waals surface area contributed by atoms with Gasteiger partial charge in [0.05, 0.1) is 12.2 Å². The summed E-state index contributed by atoms with van der Waals surface area (Å²) in [6.45, 7) is 10.7. The zero-order chi connectivity index (χ0) is 21.3. The highest BCUT2D eigenvalue weighted by Crippen LogP contribution is 2.67. The van der Waals surface area contributed by atoms with Crippen LogP contribution in [0.1, 0.15) is 85.5 Å². The Morgan fingerprint density at radius 2 is 1.90 bits per heavy atom. The Hall–Kier alpha value is -0.670. The van der Waals surface area contributed by atoms with E-state index in [0.29, 0.717) is 29.6 Å². The number of nitrogens with zero attached hydrogens (tertiary/aromatic N) is 1. The van der Waals surface area contributed by atoms with E-state index in [9.17, 15) is 10.2 Å². The number of aliphatic hydroxyl groups is 2. The van der Waals surface area contributed by atoms with Gasteiger partial charge in [-0.15, -0.1) is 0 Å². The molecule has 3 nitrogen and oxygen atoms in total. The van der Waals surface area contributed by atoms with Gasteiger partial charge in [-0.05, 0) is 104 Å². The molecule has 1 aliphatic heterocycles. The minimum absolute atomic E-state index is 0.132. The van der Waals surface area contributed by atoms with Crippen LogP contribution in [0.4, 0.5) is 0 Å². The van der Waals surface area contributed by atoms with Crippen LogP contribution in [-0.4, -0.2) is 34.7 Å². The van der Waals surface area contributed by atoms with Gasteiger partial charge in [0.2, 0.25) is 0 Å². The first-order chi connectivity index (χ1) is 14.2. The lowest BCUT2D eigenvalue weighted by Gasteiger charge is -2.58. The monoisotopic (exact) mass is 413 g/mol. The van der Waals surface area contributed by atoms with Crippen LogP contribution in [0.5, 0.6) is 0 Å². The number of fused-ring (bicyclic) bond motifs is 5. The highest BCUT2D eigenvalue weighted by molar-refractivity contribution is 5.87. The SMILES string of the molecule is C[C@H]1CCC([C@@H](C)[C@H]2[C@H](O)C[C@H]3[C@@H]4CC=C5C[C@H](O)CC[C@]5(C)[C@H]4CC[C@@]23C)=NC1. The maximum atomic E-state index is 11.4. The fourth-order valence-corrected chi connectivity index (χ4v) is 9.01. The van der Waals surface area contributed by atoms with Crippen molar-refractivity contribution in [3.63, 3.8) is 0 Å². The second-order valence-corrected chi connectivity index (χ2v) is 12.3. The van der Waals surface area contributed by atoms with Crippen LogP contribution in [0, 0.1) is 46.3 Å². The molecular formula is C27H43NO2. The fraction of sp³-hybridized carbons (Fsp3) is 0.889. The van der Waals surface area contributed by atoms with Crippen LogP contribution in [0.2, 0.25) is 0 Å². The smallest absolute Gasteiger partial charge is 0.0582 e. The highest BCUT2D eigenvalue weighted by Gasteiger charge is 2.62. The predicted octanol–water partition coefficient (Wildman–Crippen LogP) is 5.40. The van der Waals surface area contributed by atoms with Crippen LogP contribution in [0.15, 0.2) is 16.6 Å². The van der Waals surface area contributed by atoms with Crippen molar-refractivity contribution < 1.29 is 10.2 Å². The molecule has 5 rings (SSSR count). The molecule has 3 fully saturated rings. The summed E-state index contributed by atoms with van der Waals surface area (Å²) in [7, 11) is 0. The quantitative estimate of drug-likeness (QED) is 0.595. The first kappa shape index (κ1) is 21.2. The van der Waals surface area contributed by atoms with E-state index in [1.807, 2.05) is 0 Å². The molecule has 3 heteroatoms. The lowest BCUT2D eigenvalue weighted by molar-refractivity contribution is -0.0564. The van der Waals surface area contributed by atoms with E-state index in [2.05, 4.69) is 33.8 Å². The van der Waals surface area contributed by atoms with Gasteiger partial charge in [-0.1, -0.05) is 39.3 Å². The zero-order valence-electron chi connectivity index (χ0n) is 19.6. The Balaban J connectivity index is 1.42. The summed E-state index contributed by atoms with van der Waals surface area (Å²) in [6, 6.07) is 0. The number of aliphatic hydroxyl groups excluding tert-OH is 2. The maximum Gasteiger partial charge on any atom is 0.0582 e. The molecule has 0 aromatic rings. The van der Waals surface area contributed by atoms with Crippen LogP contribution >= 0.6 is 0 Å². The van der Waals surface area contributed by atoms with Crippen molar-refractivity contribution >= 4 is 5.71 Å². The molecule has 5 aliphatic rings. The van der Waals surface area contributed by atoms with Crippen LogP contribution in [0.25, 0.3) is 0 Å². The lowest BCUT2D eigenvalue weighted by atomic mass is 9.47. The van der Waals surface area contributed by atoms with Gasteiger partial charge in [0.15, 0.2) is 0 Å². The molecule has 0 unspecified atom stereocenters. The molecule has 4 aliphatic carbocycles. The second kappa shape index (κ2) is 7.44. The molecule has 10 atom stereocenters. The van der Waals surface area contributed by atoms with E-state index in [4.69, 9.17) is 4.99 Å². The topological polar surface area (TPSA) is 52.8 Å². The normalized spacial score (nSPS) is 51.9. The summed E-state index contributed by atoms with van der Waals surface area (Å²) in [5, 5.41) is 21.6. The number of hydrogen-bond donors (Lipinski definition) is 2. The molecule has 168 valence electrons. The summed E-state index contributed by atoms with van der Waals surface area (Å²) in [4.78, 5) is 4.98. The van der Waals surface area contributed by atoms with E-state index in [1.54, 1.807) is 5.57 Å². The van der Waals surface area contributed by atoms with Crippen LogP contribution in [-0.2, 0) is 0 Å². The number of hydrogen-bond acceptors (Lipinski definition) is 3. The summed E-state index contributed by atoms with van der Waals surface area (Å²) >= 11 is 0. The van der Waals surface area contributed by atoms with E-state index < -0.39 is 0 Å². The summed E-state index contributed by atoms with van der Waals surface area (Å²) in [5.41, 5.74) is 3.45. The fourth-order valence-electron chi connectivity index (χ4n) is 9.01. The Morgan fingerprint density at radius 1 is 1.10 bits per heavy atom. The first-order valence-corrected chi connectivity index (χ1v) is 12.8. The van der Waals surface area contributed by atoms with Crippen molar-refractivity contribution in [2.24, 2.45) is 51.3 Å². The minimum atomic E-state index is -0.179. The third-order valence-electron chi connectivity index (χ3n) is 10.8. The third kappa shape index (κ3) is 3.09. The first-order valence-electron chi connectivity index (χ1n) is 12.8.